The molecule has 0 saturated carbocycles. The van der Waals surface area contributed by atoms with Crippen molar-refractivity contribution < 1.29 is 0 Å². The minimum Gasteiger partial charge on any atom is -0.220 e. The van der Waals surface area contributed by atoms with E-state index in [4.69, 9.17) is 0 Å². The number of hydrogen-bond acceptors (Lipinski definition) is 2. The fourth-order valence-electron chi connectivity index (χ4n) is 1.09. The fraction of sp³-hybridized carbons (Fsp3) is 0. The van der Waals surface area contributed by atoms with Gasteiger partial charge < -0.3 is 0 Å². The Balaban J connectivity index is 2.39. The molecule has 0 aliphatic rings. The summed E-state index contributed by atoms with van der Waals surface area (Å²) >= 11 is 3.38. The van der Waals surface area contributed by atoms with Crippen molar-refractivity contribution in [3.05, 3.63) is 47.5 Å². The van der Waals surface area contributed by atoms with Crippen LogP contribution in [0.1, 0.15) is 5.82 Å². The number of halogens is 1. The van der Waals surface area contributed by atoms with Crippen LogP contribution in [0, 0.1) is 0 Å². The van der Waals surface area contributed by atoms with Crippen LogP contribution in [0.5, 0.6) is 0 Å². The first kappa shape index (κ1) is 9.15. The molecule has 0 atom stereocenters. The molecule has 0 radical (unpaired) electrons. The molecule has 0 N–H and O–H groups in total. The monoisotopic (exact) mass is 249 g/mol. The summed E-state index contributed by atoms with van der Waals surface area (Å²) in [5.74, 6) is 0.632. The second-order valence-electron chi connectivity index (χ2n) is 2.73. The lowest BCUT2D eigenvalue weighted by molar-refractivity contribution is 0.874. The number of rotatable bonds is 2. The minimum atomic E-state index is 0.632. The summed E-state index contributed by atoms with van der Waals surface area (Å²) in [6, 6.07) is 7.85. The van der Waals surface area contributed by atoms with Crippen molar-refractivity contribution in [3.8, 4) is 5.69 Å². The summed E-state index contributed by atoms with van der Waals surface area (Å²) in [5, 5.41) is 4.20. The van der Waals surface area contributed by atoms with Gasteiger partial charge in [0.15, 0.2) is 5.82 Å². The first-order valence-electron chi connectivity index (χ1n) is 4.09. The molecular weight excluding hydrogens is 242 g/mol. The zero-order chi connectivity index (χ0) is 9.97. The summed E-state index contributed by atoms with van der Waals surface area (Å²) in [4.78, 5) is 4.06. The molecule has 1 aromatic carbocycles. The standard InChI is InChI=1S/C10H8BrN3/c1-2-10-12-7-14(13-10)9-5-3-8(11)4-6-9/h2-7H,1H2. The normalized spacial score (nSPS) is 10.1. The average Bonchev–Trinajstić information content (AvgIpc) is 2.67. The van der Waals surface area contributed by atoms with Crippen molar-refractivity contribution in [1.29, 1.82) is 0 Å². The van der Waals surface area contributed by atoms with E-state index in [2.05, 4.69) is 32.6 Å². The van der Waals surface area contributed by atoms with Gasteiger partial charge in [-0.15, -0.1) is 5.10 Å². The minimum absolute atomic E-state index is 0.632. The molecular formula is C10H8BrN3. The molecule has 4 heteroatoms. The van der Waals surface area contributed by atoms with E-state index in [1.807, 2.05) is 24.3 Å². The summed E-state index contributed by atoms with van der Waals surface area (Å²) < 4.78 is 2.76. The summed E-state index contributed by atoms with van der Waals surface area (Å²) in [6.45, 7) is 3.61. The van der Waals surface area contributed by atoms with Gasteiger partial charge in [0.1, 0.15) is 6.33 Å². The number of nitrogens with zero attached hydrogens (tertiary/aromatic N) is 3. The molecule has 0 saturated heterocycles. The summed E-state index contributed by atoms with van der Waals surface area (Å²) in [7, 11) is 0. The number of aromatic nitrogens is 3. The molecule has 0 spiro atoms. The van der Waals surface area contributed by atoms with Gasteiger partial charge in [-0.1, -0.05) is 22.5 Å². The highest BCUT2D eigenvalue weighted by Crippen LogP contribution is 2.13. The highest BCUT2D eigenvalue weighted by atomic mass is 79.9. The molecule has 0 aliphatic heterocycles. The van der Waals surface area contributed by atoms with Gasteiger partial charge in [-0.2, -0.15) is 0 Å². The molecule has 1 heterocycles. The van der Waals surface area contributed by atoms with E-state index in [-0.39, 0.29) is 0 Å². The van der Waals surface area contributed by atoms with Crippen LogP contribution >= 0.6 is 15.9 Å². The van der Waals surface area contributed by atoms with Crippen LogP contribution in [0.4, 0.5) is 0 Å². The average molecular weight is 250 g/mol. The van der Waals surface area contributed by atoms with Gasteiger partial charge in [-0.05, 0) is 30.3 Å². The smallest absolute Gasteiger partial charge is 0.173 e. The van der Waals surface area contributed by atoms with E-state index in [0.717, 1.165) is 10.2 Å². The van der Waals surface area contributed by atoms with E-state index in [9.17, 15) is 0 Å². The molecule has 2 aromatic rings. The highest BCUT2D eigenvalue weighted by Gasteiger charge is 1.98. The molecule has 0 amide bonds. The van der Waals surface area contributed by atoms with Gasteiger partial charge in [-0.25, -0.2) is 9.67 Å². The molecule has 14 heavy (non-hydrogen) atoms. The maximum absolute atomic E-state index is 4.20. The Bertz CT molecular complexity index is 445. The van der Waals surface area contributed by atoms with Gasteiger partial charge in [0.05, 0.1) is 5.69 Å². The lowest BCUT2D eigenvalue weighted by Crippen LogP contribution is -1.93. The van der Waals surface area contributed by atoms with Gasteiger partial charge in [0.2, 0.25) is 0 Å². The third-order valence-electron chi connectivity index (χ3n) is 1.78. The van der Waals surface area contributed by atoms with Crippen molar-refractivity contribution in [3.63, 3.8) is 0 Å². The number of hydrogen-bond donors (Lipinski definition) is 0. The Hall–Kier alpha value is -1.42. The third kappa shape index (κ3) is 1.75. The zero-order valence-electron chi connectivity index (χ0n) is 7.39. The molecule has 2 rings (SSSR count). The van der Waals surface area contributed by atoms with Crippen LogP contribution in [0.2, 0.25) is 0 Å². The highest BCUT2D eigenvalue weighted by molar-refractivity contribution is 9.10. The largest absolute Gasteiger partial charge is 0.220 e. The third-order valence-corrected chi connectivity index (χ3v) is 2.31. The first-order valence-corrected chi connectivity index (χ1v) is 4.89. The summed E-state index contributed by atoms with van der Waals surface area (Å²) in [5.41, 5.74) is 0.980. The second kappa shape index (κ2) is 3.75. The predicted octanol–water partition coefficient (Wildman–Crippen LogP) is 2.67. The maximum Gasteiger partial charge on any atom is 0.173 e. The quantitative estimate of drug-likeness (QED) is 0.820. The van der Waals surface area contributed by atoms with Crippen molar-refractivity contribution >= 4 is 22.0 Å². The second-order valence-corrected chi connectivity index (χ2v) is 3.64. The van der Waals surface area contributed by atoms with Crippen LogP contribution in [0.25, 0.3) is 11.8 Å². The van der Waals surface area contributed by atoms with E-state index < -0.39 is 0 Å². The van der Waals surface area contributed by atoms with Gasteiger partial charge in [0, 0.05) is 4.47 Å². The molecule has 0 fully saturated rings. The fourth-order valence-corrected chi connectivity index (χ4v) is 1.35. The first-order chi connectivity index (χ1) is 6.79. The van der Waals surface area contributed by atoms with Crippen molar-refractivity contribution in [2.45, 2.75) is 0 Å². The number of benzene rings is 1. The topological polar surface area (TPSA) is 30.7 Å². The van der Waals surface area contributed by atoms with Crippen molar-refractivity contribution in [2.24, 2.45) is 0 Å². The van der Waals surface area contributed by atoms with E-state index in [1.54, 1.807) is 17.1 Å². The maximum atomic E-state index is 4.20. The van der Waals surface area contributed by atoms with Crippen LogP contribution < -0.4 is 0 Å². The molecule has 0 unspecified atom stereocenters. The summed E-state index contributed by atoms with van der Waals surface area (Å²) in [6.07, 6.45) is 3.29. The van der Waals surface area contributed by atoms with E-state index in [0.29, 0.717) is 5.82 Å². The zero-order valence-corrected chi connectivity index (χ0v) is 8.98. The van der Waals surface area contributed by atoms with Gasteiger partial charge in [0.25, 0.3) is 0 Å². The Morgan fingerprint density at radius 1 is 1.29 bits per heavy atom. The molecule has 0 bridgehead atoms. The Morgan fingerprint density at radius 2 is 2.00 bits per heavy atom. The van der Waals surface area contributed by atoms with E-state index in [1.165, 1.54) is 0 Å². The lowest BCUT2D eigenvalue weighted by atomic mass is 10.3. The molecule has 70 valence electrons. The van der Waals surface area contributed by atoms with Crippen LogP contribution in [-0.4, -0.2) is 14.8 Å². The van der Waals surface area contributed by atoms with Crippen molar-refractivity contribution in [2.75, 3.05) is 0 Å². The van der Waals surface area contributed by atoms with E-state index >= 15 is 0 Å². The van der Waals surface area contributed by atoms with Crippen LogP contribution in [0.15, 0.2) is 41.6 Å². The molecule has 1 aromatic heterocycles. The molecule has 3 nitrogen and oxygen atoms in total. The lowest BCUT2D eigenvalue weighted by Gasteiger charge is -1.98. The Morgan fingerprint density at radius 3 is 2.57 bits per heavy atom. The Kier molecular flexibility index (Phi) is 2.45. The predicted molar refractivity (Wildman–Crippen MR) is 59.2 cm³/mol. The van der Waals surface area contributed by atoms with Gasteiger partial charge >= 0.3 is 0 Å². The van der Waals surface area contributed by atoms with Crippen LogP contribution in [0.3, 0.4) is 0 Å². The molecule has 0 aliphatic carbocycles. The Labute approximate surface area is 90.2 Å². The SMILES string of the molecule is C=Cc1ncn(-c2ccc(Br)cc2)n1. The van der Waals surface area contributed by atoms with Crippen molar-refractivity contribution in [1.82, 2.24) is 14.8 Å². The van der Waals surface area contributed by atoms with Crippen LogP contribution in [-0.2, 0) is 0 Å². The van der Waals surface area contributed by atoms with Gasteiger partial charge in [-0.3, -0.25) is 0 Å².